The van der Waals surface area contributed by atoms with E-state index >= 15 is 0 Å². The fraction of sp³-hybridized carbons (Fsp3) is 0.429. The first-order valence-corrected chi connectivity index (χ1v) is 3.32. The van der Waals surface area contributed by atoms with Gasteiger partial charge in [0, 0.05) is 18.8 Å². The number of nitrogens with zero attached hydrogens (tertiary/aromatic N) is 3. The third kappa shape index (κ3) is 1.59. The molecule has 64 valence electrons. The summed E-state index contributed by atoms with van der Waals surface area (Å²) >= 11 is 0. The second-order valence-corrected chi connectivity index (χ2v) is 2.35. The Balaban J connectivity index is 3.01. The molecule has 5 heteroatoms. The van der Waals surface area contributed by atoms with Crippen molar-refractivity contribution in [2.75, 3.05) is 0 Å². The van der Waals surface area contributed by atoms with Crippen LogP contribution in [-0.2, 0) is 13.5 Å². The Bertz CT molecular complexity index is 311. The van der Waals surface area contributed by atoms with Crippen LogP contribution in [0.25, 0.3) is 0 Å². The van der Waals surface area contributed by atoms with Crippen LogP contribution in [0, 0.1) is 11.3 Å². The van der Waals surface area contributed by atoms with E-state index in [1.165, 1.54) is 10.9 Å². The minimum Gasteiger partial charge on any atom is -0.275 e. The van der Waals surface area contributed by atoms with E-state index in [9.17, 15) is 8.78 Å². The third-order valence-corrected chi connectivity index (χ3v) is 1.41. The number of aryl methyl sites for hydroxylation is 1. The summed E-state index contributed by atoms with van der Waals surface area (Å²) in [7, 11) is 1.55. The van der Waals surface area contributed by atoms with Crippen LogP contribution in [0.15, 0.2) is 6.20 Å². The molecule has 0 fully saturated rings. The molecule has 0 saturated heterocycles. The lowest BCUT2D eigenvalue weighted by Gasteiger charge is -1.93. The van der Waals surface area contributed by atoms with Crippen LogP contribution in [0.2, 0.25) is 0 Å². The summed E-state index contributed by atoms with van der Waals surface area (Å²) in [6.45, 7) is 0. The first kappa shape index (κ1) is 8.65. The summed E-state index contributed by atoms with van der Waals surface area (Å²) in [5.41, 5.74) is 0.00838. The lowest BCUT2D eigenvalue weighted by atomic mass is 10.2. The van der Waals surface area contributed by atoms with Crippen molar-refractivity contribution in [3.05, 3.63) is 17.5 Å². The van der Waals surface area contributed by atoms with Gasteiger partial charge >= 0.3 is 0 Å². The molecular formula is C7H7F2N3. The topological polar surface area (TPSA) is 41.6 Å². The zero-order valence-electron chi connectivity index (χ0n) is 6.46. The predicted molar refractivity (Wildman–Crippen MR) is 37.5 cm³/mol. The van der Waals surface area contributed by atoms with Gasteiger partial charge in [0.25, 0.3) is 6.43 Å². The monoisotopic (exact) mass is 171 g/mol. The van der Waals surface area contributed by atoms with E-state index in [2.05, 4.69) is 5.10 Å². The molecule has 0 aliphatic rings. The molecule has 0 N–H and O–H groups in total. The highest BCUT2D eigenvalue weighted by molar-refractivity contribution is 5.21. The van der Waals surface area contributed by atoms with Gasteiger partial charge in [-0.2, -0.15) is 10.4 Å². The molecule has 1 rings (SSSR count). The Labute approximate surface area is 68.2 Å². The minimum absolute atomic E-state index is 0.0203. The van der Waals surface area contributed by atoms with Crippen molar-refractivity contribution in [2.45, 2.75) is 12.8 Å². The summed E-state index contributed by atoms with van der Waals surface area (Å²) in [5.74, 6) is 0. The highest BCUT2D eigenvalue weighted by Crippen LogP contribution is 2.20. The number of aromatic nitrogens is 2. The van der Waals surface area contributed by atoms with E-state index in [1.807, 2.05) is 0 Å². The quantitative estimate of drug-likeness (QED) is 0.675. The van der Waals surface area contributed by atoms with Crippen LogP contribution in [0.1, 0.15) is 17.7 Å². The standard InChI is InChI=1S/C7H7F2N3/c1-12-4-5(2-3-10)6(11-12)7(8)9/h4,7H,2H2,1H3. The van der Waals surface area contributed by atoms with Gasteiger partial charge in [-0.05, 0) is 0 Å². The second kappa shape index (κ2) is 3.30. The first-order valence-electron chi connectivity index (χ1n) is 3.32. The highest BCUT2D eigenvalue weighted by atomic mass is 19.3. The smallest absolute Gasteiger partial charge is 0.275 e. The number of hydrogen-bond donors (Lipinski definition) is 0. The van der Waals surface area contributed by atoms with Crippen LogP contribution in [0.3, 0.4) is 0 Å². The van der Waals surface area contributed by atoms with E-state index in [1.54, 1.807) is 13.1 Å². The maximum absolute atomic E-state index is 12.2. The van der Waals surface area contributed by atoms with E-state index in [4.69, 9.17) is 5.26 Å². The van der Waals surface area contributed by atoms with Crippen molar-refractivity contribution < 1.29 is 8.78 Å². The predicted octanol–water partition coefficient (Wildman–Crippen LogP) is 1.42. The maximum Gasteiger partial charge on any atom is 0.282 e. The Morgan fingerprint density at radius 2 is 2.42 bits per heavy atom. The summed E-state index contributed by atoms with van der Waals surface area (Å²) in [6, 6.07) is 1.81. The van der Waals surface area contributed by atoms with Crippen LogP contribution < -0.4 is 0 Å². The van der Waals surface area contributed by atoms with Gasteiger partial charge in [0.05, 0.1) is 12.5 Å². The average Bonchev–Trinajstić information content (AvgIpc) is 2.32. The number of halogens is 2. The van der Waals surface area contributed by atoms with Gasteiger partial charge in [0.2, 0.25) is 0 Å². The average molecular weight is 171 g/mol. The Morgan fingerprint density at radius 3 is 2.92 bits per heavy atom. The number of alkyl halides is 2. The first-order chi connectivity index (χ1) is 5.65. The molecule has 12 heavy (non-hydrogen) atoms. The lowest BCUT2D eigenvalue weighted by molar-refractivity contribution is 0.144. The number of hydrogen-bond acceptors (Lipinski definition) is 2. The van der Waals surface area contributed by atoms with E-state index < -0.39 is 6.43 Å². The molecule has 0 aliphatic carbocycles. The van der Waals surface area contributed by atoms with Gasteiger partial charge in [-0.3, -0.25) is 4.68 Å². The Kier molecular flexibility index (Phi) is 2.38. The molecule has 0 amide bonds. The van der Waals surface area contributed by atoms with Crippen molar-refractivity contribution in [3.8, 4) is 6.07 Å². The van der Waals surface area contributed by atoms with Gasteiger partial charge < -0.3 is 0 Å². The number of rotatable bonds is 2. The highest BCUT2D eigenvalue weighted by Gasteiger charge is 2.16. The van der Waals surface area contributed by atoms with E-state index in [-0.39, 0.29) is 12.1 Å². The molecule has 0 saturated carbocycles. The molecule has 0 bridgehead atoms. The van der Waals surface area contributed by atoms with Crippen molar-refractivity contribution in [3.63, 3.8) is 0 Å². The summed E-state index contributed by atoms with van der Waals surface area (Å²) in [6.07, 6.45) is -1.19. The molecule has 0 radical (unpaired) electrons. The van der Waals surface area contributed by atoms with E-state index in [0.717, 1.165) is 0 Å². The normalized spacial score (nSPS) is 10.2. The molecule has 0 aliphatic heterocycles. The zero-order chi connectivity index (χ0) is 9.14. The lowest BCUT2D eigenvalue weighted by Crippen LogP contribution is -1.92. The zero-order valence-corrected chi connectivity index (χ0v) is 6.46. The SMILES string of the molecule is Cn1cc(CC#N)c(C(F)F)n1. The Hall–Kier alpha value is -1.44. The van der Waals surface area contributed by atoms with Gasteiger partial charge in [0.1, 0.15) is 5.69 Å². The van der Waals surface area contributed by atoms with Crippen LogP contribution in [0.4, 0.5) is 8.78 Å². The molecule has 1 aromatic rings. The number of nitriles is 1. The summed E-state index contributed by atoms with van der Waals surface area (Å²) < 4.78 is 25.6. The molecule has 3 nitrogen and oxygen atoms in total. The van der Waals surface area contributed by atoms with Gasteiger partial charge in [-0.15, -0.1) is 0 Å². The summed E-state index contributed by atoms with van der Waals surface area (Å²) in [4.78, 5) is 0. The van der Waals surface area contributed by atoms with Crippen LogP contribution in [0.5, 0.6) is 0 Å². The molecular weight excluding hydrogens is 164 g/mol. The summed E-state index contributed by atoms with van der Waals surface area (Å²) in [5, 5.41) is 11.8. The third-order valence-electron chi connectivity index (χ3n) is 1.41. The molecule has 0 spiro atoms. The molecule has 0 atom stereocenters. The molecule has 1 aromatic heterocycles. The Morgan fingerprint density at radius 1 is 1.75 bits per heavy atom. The maximum atomic E-state index is 12.2. The fourth-order valence-corrected chi connectivity index (χ4v) is 0.960. The van der Waals surface area contributed by atoms with Crippen molar-refractivity contribution in [1.29, 1.82) is 5.26 Å². The van der Waals surface area contributed by atoms with Gasteiger partial charge in [0.15, 0.2) is 0 Å². The minimum atomic E-state index is -2.60. The fourth-order valence-electron chi connectivity index (χ4n) is 0.960. The van der Waals surface area contributed by atoms with E-state index in [0.29, 0.717) is 5.56 Å². The second-order valence-electron chi connectivity index (χ2n) is 2.35. The van der Waals surface area contributed by atoms with Crippen LogP contribution >= 0.6 is 0 Å². The van der Waals surface area contributed by atoms with Crippen molar-refractivity contribution in [2.24, 2.45) is 7.05 Å². The molecule has 0 unspecified atom stereocenters. The molecule has 0 aromatic carbocycles. The van der Waals surface area contributed by atoms with Crippen molar-refractivity contribution >= 4 is 0 Å². The van der Waals surface area contributed by atoms with Crippen LogP contribution in [-0.4, -0.2) is 9.78 Å². The molecule has 1 heterocycles. The van der Waals surface area contributed by atoms with Crippen molar-refractivity contribution in [1.82, 2.24) is 9.78 Å². The largest absolute Gasteiger partial charge is 0.282 e. The van der Waals surface area contributed by atoms with Gasteiger partial charge in [-0.1, -0.05) is 0 Å². The van der Waals surface area contributed by atoms with Gasteiger partial charge in [-0.25, -0.2) is 8.78 Å².